The normalized spacial score (nSPS) is 12.0. The SMILES string of the molecule is CCCC(C)Cn1nnc(C(=O)OC)c1CC(=O)OC. The van der Waals surface area contributed by atoms with Crippen molar-refractivity contribution in [3.05, 3.63) is 11.4 Å². The Hall–Kier alpha value is -1.92. The van der Waals surface area contributed by atoms with E-state index in [4.69, 9.17) is 0 Å². The maximum atomic E-state index is 11.6. The lowest BCUT2D eigenvalue weighted by Gasteiger charge is -2.12. The molecule has 0 saturated carbocycles. The molecule has 0 aliphatic heterocycles. The van der Waals surface area contributed by atoms with Gasteiger partial charge in [0.05, 0.1) is 26.3 Å². The third-order valence-corrected chi connectivity index (χ3v) is 3.02. The Balaban J connectivity index is 3.01. The molecule has 0 amide bonds. The highest BCUT2D eigenvalue weighted by molar-refractivity contribution is 5.89. The molecule has 0 N–H and O–H groups in total. The summed E-state index contributed by atoms with van der Waals surface area (Å²) in [6.07, 6.45) is 2.05. The number of rotatable bonds is 7. The molecule has 1 aromatic rings. The fourth-order valence-corrected chi connectivity index (χ4v) is 2.00. The van der Waals surface area contributed by atoms with Crippen LogP contribution in [-0.2, 0) is 27.2 Å². The summed E-state index contributed by atoms with van der Waals surface area (Å²) in [4.78, 5) is 23.1. The smallest absolute Gasteiger partial charge is 0.360 e. The molecule has 0 aliphatic rings. The summed E-state index contributed by atoms with van der Waals surface area (Å²) in [5, 5.41) is 7.77. The van der Waals surface area contributed by atoms with Gasteiger partial charge in [-0.3, -0.25) is 4.79 Å². The molecule has 112 valence electrons. The quantitative estimate of drug-likeness (QED) is 0.700. The molecule has 20 heavy (non-hydrogen) atoms. The van der Waals surface area contributed by atoms with Gasteiger partial charge in [0.1, 0.15) is 0 Å². The summed E-state index contributed by atoms with van der Waals surface area (Å²) >= 11 is 0. The van der Waals surface area contributed by atoms with E-state index in [1.165, 1.54) is 14.2 Å². The van der Waals surface area contributed by atoms with Crippen molar-refractivity contribution < 1.29 is 19.1 Å². The van der Waals surface area contributed by atoms with E-state index < -0.39 is 11.9 Å². The van der Waals surface area contributed by atoms with Crippen LogP contribution in [-0.4, -0.2) is 41.2 Å². The highest BCUT2D eigenvalue weighted by Crippen LogP contribution is 2.14. The summed E-state index contributed by atoms with van der Waals surface area (Å²) in [5.74, 6) is -0.663. The van der Waals surface area contributed by atoms with Crippen molar-refractivity contribution in [3.63, 3.8) is 0 Å². The molecule has 1 atom stereocenters. The molecule has 0 saturated heterocycles. The van der Waals surface area contributed by atoms with Crippen LogP contribution >= 0.6 is 0 Å². The number of methoxy groups -OCH3 is 2. The van der Waals surface area contributed by atoms with Gasteiger partial charge in [0.15, 0.2) is 5.69 Å². The van der Waals surface area contributed by atoms with E-state index in [9.17, 15) is 9.59 Å². The first-order valence-electron chi connectivity index (χ1n) is 6.60. The summed E-state index contributed by atoms with van der Waals surface area (Å²) in [7, 11) is 2.57. The van der Waals surface area contributed by atoms with Crippen molar-refractivity contribution in [1.29, 1.82) is 0 Å². The number of carbonyl (C=O) groups excluding carboxylic acids is 2. The van der Waals surface area contributed by atoms with Crippen LogP contribution in [0.5, 0.6) is 0 Å². The number of hydrogen-bond acceptors (Lipinski definition) is 6. The van der Waals surface area contributed by atoms with Crippen molar-refractivity contribution in [2.75, 3.05) is 14.2 Å². The van der Waals surface area contributed by atoms with Gasteiger partial charge in [-0.2, -0.15) is 0 Å². The molecular weight excluding hydrogens is 262 g/mol. The zero-order valence-electron chi connectivity index (χ0n) is 12.4. The van der Waals surface area contributed by atoms with Gasteiger partial charge < -0.3 is 9.47 Å². The molecule has 1 heterocycles. The van der Waals surface area contributed by atoms with Crippen LogP contribution in [0, 0.1) is 5.92 Å². The van der Waals surface area contributed by atoms with Crippen LogP contribution in [0.1, 0.15) is 42.9 Å². The monoisotopic (exact) mass is 283 g/mol. The third kappa shape index (κ3) is 4.04. The standard InChI is InChI=1S/C13H21N3O4/c1-5-6-9(2)8-16-10(7-11(17)19-3)12(14-15-16)13(18)20-4/h9H,5-8H2,1-4H3. The zero-order valence-corrected chi connectivity index (χ0v) is 12.4. The third-order valence-electron chi connectivity index (χ3n) is 3.02. The Morgan fingerprint density at radius 3 is 2.55 bits per heavy atom. The van der Waals surface area contributed by atoms with Crippen LogP contribution in [0.2, 0.25) is 0 Å². The van der Waals surface area contributed by atoms with Crippen molar-refractivity contribution in [3.8, 4) is 0 Å². The van der Waals surface area contributed by atoms with E-state index in [-0.39, 0.29) is 12.1 Å². The predicted octanol–water partition coefficient (Wildman–Crippen LogP) is 1.22. The maximum Gasteiger partial charge on any atom is 0.360 e. The first-order valence-corrected chi connectivity index (χ1v) is 6.60. The van der Waals surface area contributed by atoms with Crippen LogP contribution < -0.4 is 0 Å². The van der Waals surface area contributed by atoms with Gasteiger partial charge >= 0.3 is 11.9 Å². The number of ether oxygens (including phenoxy) is 2. The summed E-state index contributed by atoms with van der Waals surface area (Å²) in [6, 6.07) is 0. The first-order chi connectivity index (χ1) is 9.53. The Bertz CT molecular complexity index is 470. The maximum absolute atomic E-state index is 11.6. The van der Waals surface area contributed by atoms with Gasteiger partial charge in [-0.1, -0.05) is 25.5 Å². The molecule has 1 rings (SSSR count). The molecule has 7 nitrogen and oxygen atoms in total. The van der Waals surface area contributed by atoms with Crippen LogP contribution in [0.25, 0.3) is 0 Å². The van der Waals surface area contributed by atoms with E-state index in [0.717, 1.165) is 12.8 Å². The minimum absolute atomic E-state index is 0.0488. The Labute approximate surface area is 118 Å². The molecule has 7 heteroatoms. The second-order valence-electron chi connectivity index (χ2n) is 4.71. The van der Waals surface area contributed by atoms with Gasteiger partial charge in [0.2, 0.25) is 0 Å². The lowest BCUT2D eigenvalue weighted by Crippen LogP contribution is -2.17. The molecule has 0 radical (unpaired) electrons. The van der Waals surface area contributed by atoms with Gasteiger partial charge in [0, 0.05) is 6.54 Å². The lowest BCUT2D eigenvalue weighted by atomic mass is 10.1. The van der Waals surface area contributed by atoms with Gasteiger partial charge in [-0.15, -0.1) is 5.10 Å². The number of carbonyl (C=O) groups is 2. The minimum Gasteiger partial charge on any atom is -0.469 e. The Morgan fingerprint density at radius 2 is 2.00 bits per heavy atom. The van der Waals surface area contributed by atoms with E-state index in [1.54, 1.807) is 4.68 Å². The number of esters is 2. The predicted molar refractivity (Wildman–Crippen MR) is 71.2 cm³/mol. The minimum atomic E-state index is -0.599. The largest absolute Gasteiger partial charge is 0.469 e. The summed E-state index contributed by atoms with van der Waals surface area (Å²) < 4.78 is 10.9. The second-order valence-corrected chi connectivity index (χ2v) is 4.71. The molecule has 1 unspecified atom stereocenters. The fourth-order valence-electron chi connectivity index (χ4n) is 2.00. The Morgan fingerprint density at radius 1 is 1.30 bits per heavy atom. The van der Waals surface area contributed by atoms with Crippen molar-refractivity contribution in [1.82, 2.24) is 15.0 Å². The van der Waals surface area contributed by atoms with Gasteiger partial charge in [0.25, 0.3) is 0 Å². The van der Waals surface area contributed by atoms with Crippen molar-refractivity contribution >= 4 is 11.9 Å². The first kappa shape index (κ1) is 16.1. The number of nitrogens with zero attached hydrogens (tertiary/aromatic N) is 3. The highest BCUT2D eigenvalue weighted by atomic mass is 16.5. The van der Waals surface area contributed by atoms with Crippen molar-refractivity contribution in [2.45, 2.75) is 39.7 Å². The number of hydrogen-bond donors (Lipinski definition) is 0. The van der Waals surface area contributed by atoms with Crippen LogP contribution in [0.15, 0.2) is 0 Å². The highest BCUT2D eigenvalue weighted by Gasteiger charge is 2.23. The fraction of sp³-hybridized carbons (Fsp3) is 0.692. The second kappa shape index (κ2) is 7.62. The zero-order chi connectivity index (χ0) is 15.1. The van der Waals surface area contributed by atoms with Crippen molar-refractivity contribution in [2.24, 2.45) is 5.92 Å². The average molecular weight is 283 g/mol. The number of aromatic nitrogens is 3. The molecule has 0 aliphatic carbocycles. The topological polar surface area (TPSA) is 83.3 Å². The van der Waals surface area contributed by atoms with E-state index in [1.807, 2.05) is 0 Å². The van der Waals surface area contributed by atoms with Gasteiger partial charge in [-0.05, 0) is 12.3 Å². The summed E-state index contributed by atoms with van der Waals surface area (Å²) in [5.41, 5.74) is 0.508. The molecule has 0 aromatic carbocycles. The summed E-state index contributed by atoms with van der Waals surface area (Å²) in [6.45, 7) is 4.79. The van der Waals surface area contributed by atoms with E-state index >= 15 is 0 Å². The van der Waals surface area contributed by atoms with Crippen LogP contribution in [0.4, 0.5) is 0 Å². The Kier molecular flexibility index (Phi) is 6.14. The lowest BCUT2D eigenvalue weighted by molar-refractivity contribution is -0.139. The molecule has 0 bridgehead atoms. The average Bonchev–Trinajstić information content (AvgIpc) is 2.81. The van der Waals surface area contributed by atoms with E-state index in [0.29, 0.717) is 18.2 Å². The molecule has 0 spiro atoms. The van der Waals surface area contributed by atoms with Crippen LogP contribution in [0.3, 0.4) is 0 Å². The molecular formula is C13H21N3O4. The van der Waals surface area contributed by atoms with E-state index in [2.05, 4.69) is 33.6 Å². The van der Waals surface area contributed by atoms with Gasteiger partial charge in [-0.25, -0.2) is 9.48 Å². The molecule has 1 aromatic heterocycles. The molecule has 0 fully saturated rings.